The molecule has 0 saturated heterocycles. The predicted octanol–water partition coefficient (Wildman–Crippen LogP) is 2.83. The Hall–Kier alpha value is -1.84. The molecule has 1 aromatic carbocycles. The smallest absolute Gasteiger partial charge is 0.230 e. The summed E-state index contributed by atoms with van der Waals surface area (Å²) < 4.78 is 5.32. The van der Waals surface area contributed by atoms with Crippen molar-refractivity contribution in [2.75, 3.05) is 5.73 Å². The average molecular weight is 229 g/mol. The maximum Gasteiger partial charge on any atom is 0.230 e. The Morgan fingerprint density at radius 3 is 2.82 bits per heavy atom. The van der Waals surface area contributed by atoms with E-state index < -0.39 is 0 Å². The highest BCUT2D eigenvalue weighted by atomic mass is 16.5. The van der Waals surface area contributed by atoms with Gasteiger partial charge in [0.25, 0.3) is 0 Å². The summed E-state index contributed by atoms with van der Waals surface area (Å²) in [5.74, 6) is 2.40. The maximum absolute atomic E-state index is 5.89. The van der Waals surface area contributed by atoms with Gasteiger partial charge in [0.15, 0.2) is 0 Å². The first-order valence-electron chi connectivity index (χ1n) is 5.94. The van der Waals surface area contributed by atoms with E-state index in [1.807, 2.05) is 24.3 Å². The van der Waals surface area contributed by atoms with Crippen molar-refractivity contribution in [3.8, 4) is 11.4 Å². The summed E-state index contributed by atoms with van der Waals surface area (Å²) in [5.41, 5.74) is 7.41. The molecule has 1 atom stereocenters. The summed E-state index contributed by atoms with van der Waals surface area (Å²) in [5, 5.41) is 4.01. The SMILES string of the molecule is CC(c1nc(-c2ccccc2N)no1)C1CC1. The largest absolute Gasteiger partial charge is 0.398 e. The van der Waals surface area contributed by atoms with Crippen LogP contribution in [0.4, 0.5) is 5.69 Å². The minimum Gasteiger partial charge on any atom is -0.398 e. The van der Waals surface area contributed by atoms with Crippen LogP contribution >= 0.6 is 0 Å². The molecule has 0 radical (unpaired) electrons. The summed E-state index contributed by atoms with van der Waals surface area (Å²) in [6.45, 7) is 2.14. The summed E-state index contributed by atoms with van der Waals surface area (Å²) in [6.07, 6.45) is 2.54. The van der Waals surface area contributed by atoms with Crippen LogP contribution in [0.1, 0.15) is 31.6 Å². The second kappa shape index (κ2) is 3.87. The van der Waals surface area contributed by atoms with E-state index in [-0.39, 0.29) is 0 Å². The van der Waals surface area contributed by atoms with Gasteiger partial charge in [-0.2, -0.15) is 4.98 Å². The Kier molecular flexibility index (Phi) is 2.35. The summed E-state index contributed by atoms with van der Waals surface area (Å²) in [7, 11) is 0. The zero-order valence-electron chi connectivity index (χ0n) is 9.76. The Morgan fingerprint density at radius 1 is 1.35 bits per heavy atom. The molecule has 3 rings (SSSR count). The van der Waals surface area contributed by atoms with E-state index in [0.29, 0.717) is 17.4 Å². The van der Waals surface area contributed by atoms with Gasteiger partial charge >= 0.3 is 0 Å². The number of nitrogens with zero attached hydrogens (tertiary/aromatic N) is 2. The fourth-order valence-electron chi connectivity index (χ4n) is 2.03. The zero-order valence-corrected chi connectivity index (χ0v) is 9.76. The molecule has 4 nitrogen and oxygen atoms in total. The fraction of sp³-hybridized carbons (Fsp3) is 0.385. The van der Waals surface area contributed by atoms with Gasteiger partial charge in [0.1, 0.15) is 0 Å². The molecule has 1 heterocycles. The molecule has 2 N–H and O–H groups in total. The topological polar surface area (TPSA) is 64.9 Å². The van der Waals surface area contributed by atoms with E-state index in [2.05, 4.69) is 17.1 Å². The lowest BCUT2D eigenvalue weighted by molar-refractivity contribution is 0.349. The first-order chi connectivity index (χ1) is 8.25. The van der Waals surface area contributed by atoms with Crippen LogP contribution in [0.2, 0.25) is 0 Å². The van der Waals surface area contributed by atoms with Crippen LogP contribution in [-0.4, -0.2) is 10.1 Å². The predicted molar refractivity (Wildman–Crippen MR) is 65.3 cm³/mol. The molecule has 0 bridgehead atoms. The molecule has 1 aliphatic carbocycles. The molecule has 1 unspecified atom stereocenters. The van der Waals surface area contributed by atoms with Crippen molar-refractivity contribution in [3.05, 3.63) is 30.2 Å². The molecular formula is C13H15N3O. The highest BCUT2D eigenvalue weighted by Crippen LogP contribution is 2.42. The Labute approximate surface area is 99.8 Å². The second-order valence-electron chi connectivity index (χ2n) is 4.67. The molecule has 17 heavy (non-hydrogen) atoms. The van der Waals surface area contributed by atoms with E-state index in [1.165, 1.54) is 12.8 Å². The number of benzene rings is 1. The minimum atomic E-state index is 0.362. The summed E-state index contributed by atoms with van der Waals surface area (Å²) >= 11 is 0. The van der Waals surface area contributed by atoms with Crippen molar-refractivity contribution in [1.29, 1.82) is 0 Å². The monoisotopic (exact) mass is 229 g/mol. The third-order valence-corrected chi connectivity index (χ3v) is 3.36. The number of nitrogen functional groups attached to an aromatic ring is 1. The van der Waals surface area contributed by atoms with Crippen molar-refractivity contribution >= 4 is 5.69 Å². The molecule has 1 saturated carbocycles. The third-order valence-electron chi connectivity index (χ3n) is 3.36. The van der Waals surface area contributed by atoms with Gasteiger partial charge in [-0.05, 0) is 30.9 Å². The second-order valence-corrected chi connectivity index (χ2v) is 4.67. The number of nitrogens with two attached hydrogens (primary N) is 1. The Morgan fingerprint density at radius 2 is 2.12 bits per heavy atom. The Balaban J connectivity index is 1.92. The van der Waals surface area contributed by atoms with Crippen LogP contribution < -0.4 is 5.73 Å². The number of hydrogen-bond acceptors (Lipinski definition) is 4. The average Bonchev–Trinajstić information content (AvgIpc) is 3.07. The van der Waals surface area contributed by atoms with Crippen LogP contribution in [0, 0.1) is 5.92 Å². The lowest BCUT2D eigenvalue weighted by Gasteiger charge is -2.01. The van der Waals surface area contributed by atoms with Gasteiger partial charge in [0, 0.05) is 17.2 Å². The molecule has 0 aliphatic heterocycles. The highest BCUT2D eigenvalue weighted by Gasteiger charge is 2.32. The fourth-order valence-corrected chi connectivity index (χ4v) is 2.03. The van der Waals surface area contributed by atoms with Gasteiger partial charge in [-0.25, -0.2) is 0 Å². The normalized spacial score (nSPS) is 17.0. The lowest BCUT2D eigenvalue weighted by Crippen LogP contribution is -1.96. The number of rotatable bonds is 3. The van der Waals surface area contributed by atoms with Crippen LogP contribution in [0.25, 0.3) is 11.4 Å². The molecule has 1 aliphatic rings. The number of para-hydroxylation sites is 1. The van der Waals surface area contributed by atoms with Crippen LogP contribution in [0.3, 0.4) is 0 Å². The lowest BCUT2D eigenvalue weighted by atomic mass is 10.1. The van der Waals surface area contributed by atoms with E-state index in [0.717, 1.165) is 17.4 Å². The van der Waals surface area contributed by atoms with Crippen LogP contribution in [-0.2, 0) is 0 Å². The zero-order chi connectivity index (χ0) is 11.8. The van der Waals surface area contributed by atoms with Gasteiger partial charge < -0.3 is 10.3 Å². The van der Waals surface area contributed by atoms with E-state index in [9.17, 15) is 0 Å². The van der Waals surface area contributed by atoms with Gasteiger partial charge in [0.2, 0.25) is 11.7 Å². The minimum absolute atomic E-state index is 0.362. The molecule has 1 aromatic heterocycles. The molecule has 4 heteroatoms. The van der Waals surface area contributed by atoms with Crippen molar-refractivity contribution in [2.24, 2.45) is 5.92 Å². The van der Waals surface area contributed by atoms with Gasteiger partial charge in [-0.3, -0.25) is 0 Å². The number of hydrogen-bond donors (Lipinski definition) is 1. The first-order valence-corrected chi connectivity index (χ1v) is 5.94. The molecule has 1 fully saturated rings. The number of aromatic nitrogens is 2. The molecule has 88 valence electrons. The van der Waals surface area contributed by atoms with Gasteiger partial charge in [-0.1, -0.05) is 24.2 Å². The first kappa shape index (κ1) is 10.3. The van der Waals surface area contributed by atoms with Crippen molar-refractivity contribution in [3.63, 3.8) is 0 Å². The van der Waals surface area contributed by atoms with Crippen molar-refractivity contribution < 1.29 is 4.52 Å². The molecule has 2 aromatic rings. The van der Waals surface area contributed by atoms with E-state index >= 15 is 0 Å². The highest BCUT2D eigenvalue weighted by molar-refractivity contribution is 5.70. The quantitative estimate of drug-likeness (QED) is 0.822. The number of anilines is 1. The van der Waals surface area contributed by atoms with Crippen LogP contribution in [0.5, 0.6) is 0 Å². The standard InChI is InChI=1S/C13H15N3O/c1-8(9-6-7-9)13-15-12(16-17-13)10-4-2-3-5-11(10)14/h2-5,8-9H,6-7,14H2,1H3. The van der Waals surface area contributed by atoms with E-state index in [1.54, 1.807) is 0 Å². The van der Waals surface area contributed by atoms with Crippen LogP contribution in [0.15, 0.2) is 28.8 Å². The van der Waals surface area contributed by atoms with Gasteiger partial charge in [-0.15, -0.1) is 0 Å². The summed E-state index contributed by atoms with van der Waals surface area (Å²) in [6, 6.07) is 7.57. The van der Waals surface area contributed by atoms with E-state index in [4.69, 9.17) is 10.3 Å². The molecular weight excluding hydrogens is 214 g/mol. The Bertz CT molecular complexity index is 531. The van der Waals surface area contributed by atoms with Crippen molar-refractivity contribution in [1.82, 2.24) is 10.1 Å². The van der Waals surface area contributed by atoms with Crippen molar-refractivity contribution in [2.45, 2.75) is 25.7 Å². The molecule has 0 spiro atoms. The maximum atomic E-state index is 5.89. The third kappa shape index (κ3) is 1.90. The molecule has 0 amide bonds. The van der Waals surface area contributed by atoms with Gasteiger partial charge in [0.05, 0.1) is 0 Å². The summed E-state index contributed by atoms with van der Waals surface area (Å²) in [4.78, 5) is 4.44.